The van der Waals surface area contributed by atoms with Gasteiger partial charge in [0.25, 0.3) is 0 Å². The molecule has 1 amide bonds. The van der Waals surface area contributed by atoms with Crippen LogP contribution in [0.5, 0.6) is 0 Å². The van der Waals surface area contributed by atoms with Gasteiger partial charge in [-0.3, -0.25) is 4.79 Å². The molecular weight excluding hydrogens is 219 g/mol. The van der Waals surface area contributed by atoms with Crippen molar-refractivity contribution >= 4 is 13.0 Å². The maximum Gasteiger partial charge on any atom is 0.453 e. The van der Waals surface area contributed by atoms with Gasteiger partial charge in [0.1, 0.15) is 0 Å². The van der Waals surface area contributed by atoms with E-state index in [1.165, 1.54) is 0 Å². The van der Waals surface area contributed by atoms with E-state index in [1.807, 2.05) is 30.3 Å². The molecule has 0 unspecified atom stereocenters. The van der Waals surface area contributed by atoms with Crippen LogP contribution in [-0.4, -0.2) is 29.1 Å². The highest BCUT2D eigenvalue weighted by molar-refractivity contribution is 6.41. The standard InChI is InChI=1S/C11H17BN2O3/c1-8(13)11(15)14-10(7-12(16)17)9-5-3-2-4-6-9/h2-6,8,10,16-17H,7,13H2,1H3,(H,14,15)/t8-,10+/m1/s1. The number of amides is 1. The normalized spacial score (nSPS) is 13.9. The summed E-state index contributed by atoms with van der Waals surface area (Å²) in [6.07, 6.45) is 0.0302. The van der Waals surface area contributed by atoms with Gasteiger partial charge in [0.05, 0.1) is 12.1 Å². The zero-order valence-corrected chi connectivity index (χ0v) is 9.71. The van der Waals surface area contributed by atoms with E-state index in [1.54, 1.807) is 6.92 Å². The molecule has 17 heavy (non-hydrogen) atoms. The van der Waals surface area contributed by atoms with Crippen LogP contribution in [0, 0.1) is 0 Å². The van der Waals surface area contributed by atoms with Crippen molar-refractivity contribution in [2.75, 3.05) is 0 Å². The Morgan fingerprint density at radius 1 is 1.41 bits per heavy atom. The summed E-state index contributed by atoms with van der Waals surface area (Å²) in [6, 6.07) is 8.05. The maximum atomic E-state index is 11.5. The lowest BCUT2D eigenvalue weighted by atomic mass is 9.79. The molecule has 6 heteroatoms. The van der Waals surface area contributed by atoms with Crippen LogP contribution in [0.1, 0.15) is 18.5 Å². The van der Waals surface area contributed by atoms with Crippen LogP contribution in [0.2, 0.25) is 6.32 Å². The third kappa shape index (κ3) is 4.56. The lowest BCUT2D eigenvalue weighted by Gasteiger charge is -2.20. The number of nitrogens with one attached hydrogen (secondary N) is 1. The van der Waals surface area contributed by atoms with Gasteiger partial charge >= 0.3 is 7.12 Å². The molecule has 5 N–H and O–H groups in total. The van der Waals surface area contributed by atoms with Crippen molar-refractivity contribution in [1.82, 2.24) is 5.32 Å². The summed E-state index contributed by atoms with van der Waals surface area (Å²) in [5.74, 6) is -0.320. The molecule has 0 spiro atoms. The number of nitrogens with two attached hydrogens (primary N) is 1. The average Bonchev–Trinajstić information content (AvgIpc) is 2.28. The number of hydrogen-bond donors (Lipinski definition) is 4. The SMILES string of the molecule is C[C@@H](N)C(=O)N[C@@H](CB(O)O)c1ccccc1. The number of carbonyl (C=O) groups excluding carboxylic acids is 1. The summed E-state index contributed by atoms with van der Waals surface area (Å²) in [7, 11) is -1.48. The van der Waals surface area contributed by atoms with Gasteiger partial charge in [-0.2, -0.15) is 0 Å². The van der Waals surface area contributed by atoms with E-state index in [0.717, 1.165) is 5.56 Å². The van der Waals surface area contributed by atoms with Gasteiger partial charge < -0.3 is 21.1 Å². The molecule has 0 bridgehead atoms. The van der Waals surface area contributed by atoms with Gasteiger partial charge in [-0.1, -0.05) is 30.3 Å². The van der Waals surface area contributed by atoms with Crippen LogP contribution in [0.3, 0.4) is 0 Å². The van der Waals surface area contributed by atoms with Crippen LogP contribution in [0.25, 0.3) is 0 Å². The van der Waals surface area contributed by atoms with Gasteiger partial charge in [-0.15, -0.1) is 0 Å². The Morgan fingerprint density at radius 3 is 2.47 bits per heavy atom. The second-order valence-electron chi connectivity index (χ2n) is 3.98. The molecular formula is C11H17BN2O3. The summed E-state index contributed by atoms with van der Waals surface area (Å²) in [5.41, 5.74) is 6.27. The third-order valence-electron chi connectivity index (χ3n) is 2.38. The molecule has 92 valence electrons. The Balaban J connectivity index is 2.78. The van der Waals surface area contributed by atoms with Crippen molar-refractivity contribution in [1.29, 1.82) is 0 Å². The zero-order chi connectivity index (χ0) is 12.8. The quantitative estimate of drug-likeness (QED) is 0.526. The predicted molar refractivity (Wildman–Crippen MR) is 66.0 cm³/mol. The van der Waals surface area contributed by atoms with Crippen molar-refractivity contribution in [3.8, 4) is 0 Å². The van der Waals surface area contributed by atoms with Crippen LogP contribution in [-0.2, 0) is 4.79 Å². The Labute approximate surface area is 101 Å². The van der Waals surface area contributed by atoms with Crippen molar-refractivity contribution in [2.24, 2.45) is 5.73 Å². The highest BCUT2D eigenvalue weighted by Gasteiger charge is 2.21. The Hall–Kier alpha value is -1.37. The molecule has 0 aromatic heterocycles. The molecule has 0 heterocycles. The summed E-state index contributed by atoms with van der Waals surface area (Å²) in [4.78, 5) is 11.5. The van der Waals surface area contributed by atoms with Gasteiger partial charge in [0.15, 0.2) is 0 Å². The van der Waals surface area contributed by atoms with Crippen LogP contribution in [0.4, 0.5) is 0 Å². The van der Waals surface area contributed by atoms with E-state index in [0.29, 0.717) is 0 Å². The summed E-state index contributed by atoms with van der Waals surface area (Å²) < 4.78 is 0. The second kappa shape index (κ2) is 6.39. The topological polar surface area (TPSA) is 95.6 Å². The van der Waals surface area contributed by atoms with E-state index in [4.69, 9.17) is 15.8 Å². The molecule has 1 aromatic carbocycles. The Bertz CT molecular complexity index is 357. The largest absolute Gasteiger partial charge is 0.453 e. The minimum Gasteiger partial charge on any atom is -0.427 e. The first-order valence-corrected chi connectivity index (χ1v) is 5.47. The zero-order valence-electron chi connectivity index (χ0n) is 9.71. The van der Waals surface area contributed by atoms with Gasteiger partial charge in [-0.25, -0.2) is 0 Å². The summed E-state index contributed by atoms with van der Waals surface area (Å²) in [6.45, 7) is 1.58. The molecule has 0 aliphatic heterocycles. The maximum absolute atomic E-state index is 11.5. The lowest BCUT2D eigenvalue weighted by Crippen LogP contribution is -2.41. The van der Waals surface area contributed by atoms with Crippen molar-refractivity contribution in [2.45, 2.75) is 25.3 Å². The average molecular weight is 236 g/mol. The Kier molecular flexibility index (Phi) is 5.15. The highest BCUT2D eigenvalue weighted by atomic mass is 16.4. The summed E-state index contributed by atoms with van der Waals surface area (Å²) >= 11 is 0. The Morgan fingerprint density at radius 2 is 2.00 bits per heavy atom. The van der Waals surface area contributed by atoms with Crippen molar-refractivity contribution in [3.63, 3.8) is 0 Å². The molecule has 0 radical (unpaired) electrons. The highest BCUT2D eigenvalue weighted by Crippen LogP contribution is 2.17. The number of benzene rings is 1. The first kappa shape index (κ1) is 13.7. The molecule has 0 fully saturated rings. The van der Waals surface area contributed by atoms with E-state index in [2.05, 4.69) is 5.32 Å². The van der Waals surface area contributed by atoms with Crippen molar-refractivity contribution in [3.05, 3.63) is 35.9 Å². The fourth-order valence-electron chi connectivity index (χ4n) is 1.48. The van der Waals surface area contributed by atoms with E-state index in [-0.39, 0.29) is 12.2 Å². The van der Waals surface area contributed by atoms with Gasteiger partial charge in [0.2, 0.25) is 5.91 Å². The molecule has 0 aliphatic rings. The van der Waals surface area contributed by atoms with E-state index < -0.39 is 19.2 Å². The number of rotatable bonds is 5. The number of carbonyl (C=O) groups is 1. The molecule has 5 nitrogen and oxygen atoms in total. The van der Waals surface area contributed by atoms with Gasteiger partial charge in [0, 0.05) is 6.32 Å². The molecule has 0 saturated heterocycles. The molecule has 1 rings (SSSR count). The molecule has 1 aromatic rings. The van der Waals surface area contributed by atoms with Crippen LogP contribution in [0.15, 0.2) is 30.3 Å². The third-order valence-corrected chi connectivity index (χ3v) is 2.38. The minimum absolute atomic E-state index is 0.0302. The fraction of sp³-hybridized carbons (Fsp3) is 0.364. The molecule has 0 saturated carbocycles. The second-order valence-corrected chi connectivity index (χ2v) is 3.98. The molecule has 2 atom stereocenters. The van der Waals surface area contributed by atoms with E-state index >= 15 is 0 Å². The molecule has 0 aliphatic carbocycles. The number of hydrogen-bond acceptors (Lipinski definition) is 4. The predicted octanol–water partition coefficient (Wildman–Crippen LogP) is -0.336. The monoisotopic (exact) mass is 236 g/mol. The van der Waals surface area contributed by atoms with E-state index in [9.17, 15) is 4.79 Å². The summed E-state index contributed by atoms with van der Waals surface area (Å²) in [5, 5.41) is 20.7. The van der Waals surface area contributed by atoms with Crippen molar-refractivity contribution < 1.29 is 14.8 Å². The first-order chi connectivity index (χ1) is 8.00. The minimum atomic E-state index is -1.48. The smallest absolute Gasteiger partial charge is 0.427 e. The fourth-order valence-corrected chi connectivity index (χ4v) is 1.48. The lowest BCUT2D eigenvalue weighted by molar-refractivity contribution is -0.122. The van der Waals surface area contributed by atoms with Gasteiger partial charge in [-0.05, 0) is 12.5 Å². The first-order valence-electron chi connectivity index (χ1n) is 5.47. The van der Waals surface area contributed by atoms with Crippen LogP contribution >= 0.6 is 0 Å². The van der Waals surface area contributed by atoms with Crippen LogP contribution < -0.4 is 11.1 Å².